The molecule has 0 unspecified atom stereocenters. The van der Waals surface area contributed by atoms with Crippen molar-refractivity contribution >= 4 is 0 Å². The van der Waals surface area contributed by atoms with Crippen molar-refractivity contribution in [2.24, 2.45) is 11.7 Å². The van der Waals surface area contributed by atoms with Crippen LogP contribution in [0.15, 0.2) is 0 Å². The lowest BCUT2D eigenvalue weighted by Crippen LogP contribution is -2.55. The predicted molar refractivity (Wildman–Crippen MR) is 37.4 cm³/mol. The van der Waals surface area contributed by atoms with Crippen molar-refractivity contribution in [2.45, 2.75) is 12.1 Å². The van der Waals surface area contributed by atoms with Gasteiger partial charge in [-0.15, -0.1) is 0 Å². The van der Waals surface area contributed by atoms with Crippen molar-refractivity contribution in [1.82, 2.24) is 5.32 Å². The number of nitrogens with two attached hydrogens (primary N) is 1. The maximum absolute atomic E-state index is 9.31. The highest BCUT2D eigenvalue weighted by Gasteiger charge is 2.28. The van der Waals surface area contributed by atoms with Gasteiger partial charge in [0.1, 0.15) is 0 Å². The topological polar surface area (TPSA) is 78.5 Å². The summed E-state index contributed by atoms with van der Waals surface area (Å²) in [7, 11) is 0. The minimum Gasteiger partial charge on any atom is -0.396 e. The van der Waals surface area contributed by atoms with Gasteiger partial charge in [0.25, 0.3) is 0 Å². The molecule has 4 heteroatoms. The summed E-state index contributed by atoms with van der Waals surface area (Å²) < 4.78 is 0. The molecule has 10 heavy (non-hydrogen) atoms. The highest BCUT2D eigenvalue weighted by Crippen LogP contribution is 2.08. The third-order valence-corrected chi connectivity index (χ3v) is 1.94. The van der Waals surface area contributed by atoms with E-state index in [2.05, 4.69) is 5.32 Å². The molecular weight excluding hydrogens is 132 g/mol. The molecule has 1 saturated heterocycles. The van der Waals surface area contributed by atoms with Crippen LogP contribution in [0.4, 0.5) is 0 Å². The minimum atomic E-state index is -0.550. The normalized spacial score (nSPS) is 41.7. The molecule has 0 radical (unpaired) electrons. The number of nitrogens with one attached hydrogen (secondary N) is 1. The SMILES string of the molecule is N[C@@H]1CNC[C@@H](CO)[C@@H]1O. The van der Waals surface area contributed by atoms with Crippen molar-refractivity contribution in [2.75, 3.05) is 19.7 Å². The van der Waals surface area contributed by atoms with Gasteiger partial charge in [-0.25, -0.2) is 0 Å². The summed E-state index contributed by atoms with van der Waals surface area (Å²) in [5, 5.41) is 21.1. The monoisotopic (exact) mass is 146 g/mol. The molecule has 60 valence electrons. The van der Waals surface area contributed by atoms with Crippen molar-refractivity contribution in [3.05, 3.63) is 0 Å². The van der Waals surface area contributed by atoms with Gasteiger partial charge < -0.3 is 21.3 Å². The van der Waals surface area contributed by atoms with E-state index < -0.39 is 6.10 Å². The Hall–Kier alpha value is -0.160. The lowest BCUT2D eigenvalue weighted by atomic mass is 9.94. The van der Waals surface area contributed by atoms with Crippen LogP contribution in [0.5, 0.6) is 0 Å². The Bertz CT molecular complexity index is 110. The van der Waals surface area contributed by atoms with Crippen LogP contribution in [0.25, 0.3) is 0 Å². The summed E-state index contributed by atoms with van der Waals surface area (Å²) in [6.07, 6.45) is -0.550. The molecule has 0 aromatic carbocycles. The van der Waals surface area contributed by atoms with Crippen molar-refractivity contribution in [1.29, 1.82) is 0 Å². The van der Waals surface area contributed by atoms with Crippen molar-refractivity contribution in [3.63, 3.8) is 0 Å². The van der Waals surface area contributed by atoms with E-state index in [-0.39, 0.29) is 18.6 Å². The second-order valence-electron chi connectivity index (χ2n) is 2.76. The van der Waals surface area contributed by atoms with Crippen molar-refractivity contribution in [3.8, 4) is 0 Å². The standard InChI is InChI=1S/C6H14N2O2/c7-5-2-8-1-4(3-9)6(5)10/h4-6,8-10H,1-3,7H2/t4-,5+,6-/m0/s1. The third kappa shape index (κ3) is 1.46. The van der Waals surface area contributed by atoms with Crippen LogP contribution < -0.4 is 11.1 Å². The lowest BCUT2D eigenvalue weighted by Gasteiger charge is -2.31. The zero-order valence-electron chi connectivity index (χ0n) is 5.83. The van der Waals surface area contributed by atoms with E-state index in [1.54, 1.807) is 0 Å². The Morgan fingerprint density at radius 1 is 1.50 bits per heavy atom. The summed E-state index contributed by atoms with van der Waals surface area (Å²) in [5.74, 6) is -0.0938. The van der Waals surface area contributed by atoms with Crippen LogP contribution in [0.3, 0.4) is 0 Å². The summed E-state index contributed by atoms with van der Waals surface area (Å²) in [4.78, 5) is 0. The fraction of sp³-hybridized carbons (Fsp3) is 1.00. The molecule has 3 atom stereocenters. The van der Waals surface area contributed by atoms with Crippen LogP contribution >= 0.6 is 0 Å². The second kappa shape index (κ2) is 3.30. The van der Waals surface area contributed by atoms with Gasteiger partial charge in [0.05, 0.1) is 6.10 Å². The van der Waals surface area contributed by atoms with Gasteiger partial charge in [0.15, 0.2) is 0 Å². The Labute approximate surface area is 60.0 Å². The number of aliphatic hydroxyl groups excluding tert-OH is 2. The first-order valence-electron chi connectivity index (χ1n) is 3.51. The summed E-state index contributed by atoms with van der Waals surface area (Å²) in [5.41, 5.74) is 5.52. The van der Waals surface area contributed by atoms with Gasteiger partial charge in [-0.05, 0) is 0 Å². The summed E-state index contributed by atoms with van der Waals surface area (Å²) >= 11 is 0. The van der Waals surface area contributed by atoms with Gasteiger partial charge in [0.2, 0.25) is 0 Å². The number of piperidine rings is 1. The molecule has 1 rings (SSSR count). The van der Waals surface area contributed by atoms with Crippen LogP contribution in [0.1, 0.15) is 0 Å². The molecule has 0 spiro atoms. The molecule has 0 aromatic heterocycles. The highest BCUT2D eigenvalue weighted by molar-refractivity contribution is 4.86. The number of hydrogen-bond acceptors (Lipinski definition) is 4. The number of aliphatic hydroxyl groups is 2. The van der Waals surface area contributed by atoms with E-state index in [4.69, 9.17) is 10.8 Å². The minimum absolute atomic E-state index is 0.00185. The summed E-state index contributed by atoms with van der Waals surface area (Å²) in [6, 6.07) is -0.231. The Kier molecular flexibility index (Phi) is 2.62. The average Bonchev–Trinajstić information content (AvgIpc) is 1.95. The molecule has 0 aliphatic carbocycles. The van der Waals surface area contributed by atoms with Gasteiger partial charge >= 0.3 is 0 Å². The fourth-order valence-electron chi connectivity index (χ4n) is 1.20. The molecule has 1 aliphatic rings. The second-order valence-corrected chi connectivity index (χ2v) is 2.76. The van der Waals surface area contributed by atoms with E-state index in [0.717, 1.165) is 0 Å². The van der Waals surface area contributed by atoms with Crippen molar-refractivity contribution < 1.29 is 10.2 Å². The lowest BCUT2D eigenvalue weighted by molar-refractivity contribution is 0.0303. The molecule has 0 saturated carbocycles. The maximum Gasteiger partial charge on any atom is 0.0765 e. The molecule has 1 fully saturated rings. The van der Waals surface area contributed by atoms with E-state index in [9.17, 15) is 5.11 Å². The predicted octanol–water partition coefficient (Wildman–Crippen LogP) is -2.11. The Balaban J connectivity index is 2.42. The molecule has 1 aliphatic heterocycles. The molecule has 4 nitrogen and oxygen atoms in total. The molecule has 0 bridgehead atoms. The first-order valence-corrected chi connectivity index (χ1v) is 3.51. The van der Waals surface area contributed by atoms with Crippen LogP contribution in [-0.4, -0.2) is 42.1 Å². The average molecular weight is 146 g/mol. The molecule has 1 heterocycles. The van der Waals surface area contributed by atoms with E-state index in [1.807, 2.05) is 0 Å². The first kappa shape index (κ1) is 7.94. The van der Waals surface area contributed by atoms with Gasteiger partial charge in [-0.1, -0.05) is 0 Å². The van der Waals surface area contributed by atoms with Gasteiger partial charge in [-0.3, -0.25) is 0 Å². The van der Waals surface area contributed by atoms with E-state index in [1.165, 1.54) is 0 Å². The summed E-state index contributed by atoms with van der Waals surface area (Å²) in [6.45, 7) is 1.30. The smallest absolute Gasteiger partial charge is 0.0765 e. The highest BCUT2D eigenvalue weighted by atomic mass is 16.3. The molecule has 0 amide bonds. The molecule has 5 N–H and O–H groups in total. The third-order valence-electron chi connectivity index (χ3n) is 1.94. The van der Waals surface area contributed by atoms with E-state index >= 15 is 0 Å². The number of rotatable bonds is 1. The van der Waals surface area contributed by atoms with Crippen LogP contribution in [-0.2, 0) is 0 Å². The van der Waals surface area contributed by atoms with Gasteiger partial charge in [0, 0.05) is 31.7 Å². The van der Waals surface area contributed by atoms with Crippen LogP contribution in [0.2, 0.25) is 0 Å². The van der Waals surface area contributed by atoms with Crippen LogP contribution in [0, 0.1) is 5.92 Å². The fourth-order valence-corrected chi connectivity index (χ4v) is 1.20. The Morgan fingerprint density at radius 3 is 2.70 bits per heavy atom. The molecular formula is C6H14N2O2. The zero-order chi connectivity index (χ0) is 7.56. The quantitative estimate of drug-likeness (QED) is 0.341. The largest absolute Gasteiger partial charge is 0.396 e. The zero-order valence-corrected chi connectivity index (χ0v) is 5.83. The molecule has 0 aromatic rings. The van der Waals surface area contributed by atoms with E-state index in [0.29, 0.717) is 13.1 Å². The Morgan fingerprint density at radius 2 is 2.20 bits per heavy atom. The maximum atomic E-state index is 9.31. The van der Waals surface area contributed by atoms with Gasteiger partial charge in [-0.2, -0.15) is 0 Å². The first-order chi connectivity index (χ1) is 4.75. The number of hydrogen-bond donors (Lipinski definition) is 4.